The molecule has 1 atom stereocenters. The van der Waals surface area contributed by atoms with E-state index in [4.69, 9.17) is 21.1 Å². The van der Waals surface area contributed by atoms with Crippen LogP contribution in [0.15, 0.2) is 30.9 Å². The average Bonchev–Trinajstić information content (AvgIpc) is 2.44. The number of carbonyl (C=O) groups excluding carboxylic acids is 2. The average molecular weight is 311 g/mol. The molecule has 0 radical (unpaired) electrons. The van der Waals surface area contributed by atoms with Gasteiger partial charge in [-0.2, -0.15) is 0 Å². The van der Waals surface area contributed by atoms with Crippen LogP contribution in [0.1, 0.15) is 18.7 Å². The number of benzene rings is 1. The molecule has 2 rings (SSSR count). The van der Waals surface area contributed by atoms with Crippen molar-refractivity contribution in [2.75, 3.05) is 13.2 Å². The van der Waals surface area contributed by atoms with Crippen molar-refractivity contribution >= 4 is 23.8 Å². The van der Waals surface area contributed by atoms with E-state index in [2.05, 4.69) is 11.9 Å². The minimum absolute atomic E-state index is 0.210. The summed E-state index contributed by atoms with van der Waals surface area (Å²) in [7, 11) is 0. The maximum atomic E-state index is 12.0. The smallest absolute Gasteiger partial charge is 0.417 e. The number of ether oxygens (including phenoxy) is 2. The lowest BCUT2D eigenvalue weighted by Crippen LogP contribution is -2.48. The Balaban J connectivity index is 2.38. The second kappa shape index (κ2) is 6.49. The number of fused-ring (bicyclic) bond motifs is 1. The fourth-order valence-electron chi connectivity index (χ4n) is 2.01. The Labute approximate surface area is 127 Å². The van der Waals surface area contributed by atoms with Crippen molar-refractivity contribution in [2.45, 2.75) is 13.1 Å². The van der Waals surface area contributed by atoms with Gasteiger partial charge < -0.3 is 9.47 Å². The Morgan fingerprint density at radius 3 is 3.05 bits per heavy atom. The van der Waals surface area contributed by atoms with Crippen LogP contribution in [0.4, 0.5) is 9.59 Å². The normalized spacial score (nSPS) is 16.8. The summed E-state index contributed by atoms with van der Waals surface area (Å²) in [5.41, 5.74) is 0.581. The first kappa shape index (κ1) is 15.2. The summed E-state index contributed by atoms with van der Waals surface area (Å²) < 4.78 is 10.1. The molecule has 1 aromatic rings. The van der Waals surface area contributed by atoms with Crippen molar-refractivity contribution < 1.29 is 19.1 Å². The SMILES string of the molecule is C=CCN1C(=O)Oc2ccc(Cl)cc2[C@@H]1NC(=O)OCC. The van der Waals surface area contributed by atoms with Crippen LogP contribution in [0.3, 0.4) is 0 Å². The minimum atomic E-state index is -0.725. The van der Waals surface area contributed by atoms with Gasteiger partial charge in [-0.05, 0) is 25.1 Å². The molecular formula is C14H15ClN2O4. The monoisotopic (exact) mass is 310 g/mol. The fourth-order valence-corrected chi connectivity index (χ4v) is 2.19. The third-order valence-electron chi connectivity index (χ3n) is 2.87. The summed E-state index contributed by atoms with van der Waals surface area (Å²) in [6, 6.07) is 4.83. The van der Waals surface area contributed by atoms with Gasteiger partial charge in [0.15, 0.2) is 0 Å². The number of nitrogens with one attached hydrogen (secondary N) is 1. The molecule has 6 nitrogen and oxygen atoms in total. The molecule has 2 amide bonds. The minimum Gasteiger partial charge on any atom is -0.450 e. The quantitative estimate of drug-likeness (QED) is 0.868. The van der Waals surface area contributed by atoms with E-state index >= 15 is 0 Å². The van der Waals surface area contributed by atoms with E-state index in [0.29, 0.717) is 16.3 Å². The van der Waals surface area contributed by atoms with Gasteiger partial charge in [-0.25, -0.2) is 9.59 Å². The van der Waals surface area contributed by atoms with Crippen molar-refractivity contribution in [3.63, 3.8) is 0 Å². The van der Waals surface area contributed by atoms with E-state index in [1.54, 1.807) is 25.1 Å². The lowest BCUT2D eigenvalue weighted by atomic mass is 10.1. The van der Waals surface area contributed by atoms with E-state index in [0.717, 1.165) is 0 Å². The summed E-state index contributed by atoms with van der Waals surface area (Å²) in [5.74, 6) is 0.353. The molecule has 1 N–H and O–H groups in total. The highest BCUT2D eigenvalue weighted by molar-refractivity contribution is 6.30. The van der Waals surface area contributed by atoms with Crippen LogP contribution in [0.25, 0.3) is 0 Å². The highest BCUT2D eigenvalue weighted by atomic mass is 35.5. The largest absolute Gasteiger partial charge is 0.450 e. The Bertz CT molecular complexity index is 576. The number of hydrogen-bond donors (Lipinski definition) is 1. The summed E-state index contributed by atoms with van der Waals surface area (Å²) >= 11 is 5.98. The van der Waals surface area contributed by atoms with Gasteiger partial charge in [0.25, 0.3) is 0 Å². The van der Waals surface area contributed by atoms with Crippen molar-refractivity contribution in [1.82, 2.24) is 10.2 Å². The van der Waals surface area contributed by atoms with Crippen molar-refractivity contribution in [3.05, 3.63) is 41.4 Å². The maximum Gasteiger partial charge on any atom is 0.417 e. The topological polar surface area (TPSA) is 67.9 Å². The molecule has 0 fully saturated rings. The fraction of sp³-hybridized carbons (Fsp3) is 0.286. The van der Waals surface area contributed by atoms with Crippen LogP contribution in [0.2, 0.25) is 5.02 Å². The van der Waals surface area contributed by atoms with Gasteiger partial charge in [0, 0.05) is 17.1 Å². The molecule has 0 aliphatic carbocycles. The van der Waals surface area contributed by atoms with Gasteiger partial charge in [0.1, 0.15) is 11.9 Å². The van der Waals surface area contributed by atoms with Gasteiger partial charge in [-0.15, -0.1) is 6.58 Å². The molecule has 7 heteroatoms. The van der Waals surface area contributed by atoms with Gasteiger partial charge >= 0.3 is 12.2 Å². The predicted octanol–water partition coefficient (Wildman–Crippen LogP) is 3.09. The molecule has 21 heavy (non-hydrogen) atoms. The van der Waals surface area contributed by atoms with E-state index in [1.807, 2.05) is 0 Å². The van der Waals surface area contributed by atoms with Gasteiger partial charge in [-0.3, -0.25) is 10.2 Å². The molecule has 0 aromatic heterocycles. The lowest BCUT2D eigenvalue weighted by molar-refractivity contribution is 0.0993. The Hall–Kier alpha value is -2.21. The van der Waals surface area contributed by atoms with Crippen molar-refractivity contribution in [1.29, 1.82) is 0 Å². The maximum absolute atomic E-state index is 12.0. The first-order valence-corrected chi connectivity index (χ1v) is 6.76. The van der Waals surface area contributed by atoms with E-state index in [1.165, 1.54) is 11.0 Å². The van der Waals surface area contributed by atoms with E-state index < -0.39 is 18.4 Å². The zero-order valence-corrected chi connectivity index (χ0v) is 12.2. The van der Waals surface area contributed by atoms with Gasteiger partial charge in [0.05, 0.1) is 6.61 Å². The molecule has 1 aromatic carbocycles. The third-order valence-corrected chi connectivity index (χ3v) is 3.10. The van der Waals surface area contributed by atoms with Crippen LogP contribution in [-0.2, 0) is 4.74 Å². The highest BCUT2D eigenvalue weighted by Crippen LogP contribution is 2.35. The zero-order valence-electron chi connectivity index (χ0n) is 11.5. The Kier molecular flexibility index (Phi) is 4.70. The highest BCUT2D eigenvalue weighted by Gasteiger charge is 2.35. The van der Waals surface area contributed by atoms with Gasteiger partial charge in [-0.1, -0.05) is 17.7 Å². The lowest BCUT2D eigenvalue weighted by Gasteiger charge is -2.35. The van der Waals surface area contributed by atoms with Crippen LogP contribution in [0, 0.1) is 0 Å². The van der Waals surface area contributed by atoms with E-state index in [9.17, 15) is 9.59 Å². The second-order valence-corrected chi connectivity index (χ2v) is 4.69. The second-order valence-electron chi connectivity index (χ2n) is 4.26. The number of carbonyl (C=O) groups is 2. The van der Waals surface area contributed by atoms with Crippen LogP contribution < -0.4 is 10.1 Å². The zero-order chi connectivity index (χ0) is 15.4. The first-order chi connectivity index (χ1) is 10.1. The first-order valence-electron chi connectivity index (χ1n) is 6.39. The Morgan fingerprint density at radius 1 is 1.62 bits per heavy atom. The Morgan fingerprint density at radius 2 is 2.38 bits per heavy atom. The summed E-state index contributed by atoms with van der Waals surface area (Å²) in [6.45, 7) is 5.73. The van der Waals surface area contributed by atoms with Gasteiger partial charge in [0.2, 0.25) is 0 Å². The number of alkyl carbamates (subject to hydrolysis) is 1. The molecule has 0 bridgehead atoms. The molecular weight excluding hydrogens is 296 g/mol. The molecule has 0 saturated carbocycles. The predicted molar refractivity (Wildman–Crippen MR) is 77.3 cm³/mol. The van der Waals surface area contributed by atoms with Crippen LogP contribution in [-0.4, -0.2) is 30.2 Å². The molecule has 112 valence electrons. The number of halogens is 1. The molecule has 0 saturated heterocycles. The summed E-state index contributed by atoms with van der Waals surface area (Å²) in [5, 5.41) is 3.10. The number of amides is 2. The molecule has 1 aliphatic rings. The van der Waals surface area contributed by atoms with Crippen molar-refractivity contribution in [2.24, 2.45) is 0 Å². The standard InChI is InChI=1S/C14H15ClN2O4/c1-3-7-17-12(16-13(18)20-4-2)10-8-9(15)5-6-11(10)21-14(17)19/h3,5-6,8,12H,1,4,7H2,2H3,(H,16,18)/t12-/m1/s1. The number of hydrogen-bond acceptors (Lipinski definition) is 4. The van der Waals surface area contributed by atoms with E-state index in [-0.39, 0.29) is 13.2 Å². The third kappa shape index (κ3) is 3.28. The molecule has 0 spiro atoms. The molecule has 1 heterocycles. The number of rotatable bonds is 4. The summed E-state index contributed by atoms with van der Waals surface area (Å²) in [4.78, 5) is 25.0. The van der Waals surface area contributed by atoms with Crippen molar-refractivity contribution in [3.8, 4) is 5.75 Å². The van der Waals surface area contributed by atoms with Crippen LogP contribution >= 0.6 is 11.6 Å². The number of nitrogens with zero attached hydrogens (tertiary/aromatic N) is 1. The van der Waals surface area contributed by atoms with Crippen LogP contribution in [0.5, 0.6) is 5.75 Å². The molecule has 1 aliphatic heterocycles. The molecule has 0 unspecified atom stereocenters. The summed E-state index contributed by atoms with van der Waals surface area (Å²) in [6.07, 6.45) is -0.392.